The molecule has 15 heavy (non-hydrogen) atoms. The minimum absolute atomic E-state index is 0.190. The fourth-order valence-electron chi connectivity index (χ4n) is 1.62. The van der Waals surface area contributed by atoms with Crippen LogP contribution in [-0.2, 0) is 0 Å². The molecule has 5 nitrogen and oxygen atoms in total. The summed E-state index contributed by atoms with van der Waals surface area (Å²) in [6.07, 6.45) is 1.82. The molecule has 0 spiro atoms. The highest BCUT2D eigenvalue weighted by Crippen LogP contribution is 2.06. The standard InChI is InChI=1S/C10H18N3O2/c1-3-6-12(7-4-2)10(15)13-8-5-11-9(13)14/h3-8H2,1-2H3. The highest BCUT2D eigenvalue weighted by molar-refractivity contribution is 5.94. The van der Waals surface area contributed by atoms with Gasteiger partial charge in [-0.15, -0.1) is 0 Å². The Hall–Kier alpha value is -1.26. The highest BCUT2D eigenvalue weighted by atomic mass is 16.2. The Morgan fingerprint density at radius 1 is 1.40 bits per heavy atom. The first-order valence-corrected chi connectivity index (χ1v) is 5.48. The van der Waals surface area contributed by atoms with Gasteiger partial charge in [-0.1, -0.05) is 13.8 Å². The number of carbonyl (C=O) groups is 2. The van der Waals surface area contributed by atoms with Crippen molar-refractivity contribution in [2.75, 3.05) is 26.2 Å². The molecule has 0 unspecified atom stereocenters. The van der Waals surface area contributed by atoms with E-state index in [9.17, 15) is 9.59 Å². The summed E-state index contributed by atoms with van der Waals surface area (Å²) in [4.78, 5) is 26.1. The Labute approximate surface area is 90.4 Å². The molecule has 1 heterocycles. The molecule has 0 saturated carbocycles. The van der Waals surface area contributed by atoms with E-state index in [-0.39, 0.29) is 6.03 Å². The van der Waals surface area contributed by atoms with Crippen LogP contribution in [0.5, 0.6) is 0 Å². The highest BCUT2D eigenvalue weighted by Gasteiger charge is 2.30. The van der Waals surface area contributed by atoms with Gasteiger partial charge in [-0.05, 0) is 12.8 Å². The first-order valence-electron chi connectivity index (χ1n) is 5.48. The molecule has 5 heteroatoms. The van der Waals surface area contributed by atoms with Gasteiger partial charge in [0.25, 0.3) is 0 Å². The number of hydrogen-bond acceptors (Lipinski definition) is 2. The first-order chi connectivity index (χ1) is 7.20. The molecule has 1 radical (unpaired) electrons. The lowest BCUT2D eigenvalue weighted by Gasteiger charge is -2.25. The second kappa shape index (κ2) is 5.58. The summed E-state index contributed by atoms with van der Waals surface area (Å²) in [7, 11) is 0. The van der Waals surface area contributed by atoms with Crippen molar-refractivity contribution in [2.45, 2.75) is 26.7 Å². The van der Waals surface area contributed by atoms with E-state index in [0.717, 1.165) is 12.8 Å². The maximum absolute atomic E-state index is 11.9. The van der Waals surface area contributed by atoms with Crippen LogP contribution in [0.4, 0.5) is 9.59 Å². The lowest BCUT2D eigenvalue weighted by atomic mass is 10.3. The maximum Gasteiger partial charge on any atom is 0.347 e. The van der Waals surface area contributed by atoms with Crippen LogP contribution in [0.3, 0.4) is 0 Å². The zero-order valence-corrected chi connectivity index (χ0v) is 9.40. The normalized spacial score (nSPS) is 15.3. The number of hydrogen-bond donors (Lipinski definition) is 0. The van der Waals surface area contributed by atoms with Gasteiger partial charge < -0.3 is 4.90 Å². The van der Waals surface area contributed by atoms with Crippen LogP contribution in [0, 0.1) is 0 Å². The molecule has 1 saturated heterocycles. The number of amides is 4. The van der Waals surface area contributed by atoms with E-state index in [1.165, 1.54) is 4.90 Å². The smallest absolute Gasteiger partial charge is 0.324 e. The van der Waals surface area contributed by atoms with Crippen molar-refractivity contribution in [3.63, 3.8) is 0 Å². The van der Waals surface area contributed by atoms with E-state index < -0.39 is 6.03 Å². The van der Waals surface area contributed by atoms with Gasteiger partial charge in [0.1, 0.15) is 0 Å². The van der Waals surface area contributed by atoms with Gasteiger partial charge in [0.05, 0.1) is 13.1 Å². The van der Waals surface area contributed by atoms with Gasteiger partial charge in [0.2, 0.25) is 0 Å². The van der Waals surface area contributed by atoms with Gasteiger partial charge in [-0.25, -0.2) is 19.8 Å². The Kier molecular flexibility index (Phi) is 4.39. The summed E-state index contributed by atoms with van der Waals surface area (Å²) in [5, 5.41) is 3.68. The van der Waals surface area contributed by atoms with Gasteiger partial charge in [-0.2, -0.15) is 0 Å². The van der Waals surface area contributed by atoms with Crippen molar-refractivity contribution in [3.8, 4) is 0 Å². The summed E-state index contributed by atoms with van der Waals surface area (Å²) in [5.74, 6) is 0. The second-order valence-electron chi connectivity index (χ2n) is 3.59. The van der Waals surface area contributed by atoms with Gasteiger partial charge >= 0.3 is 12.1 Å². The van der Waals surface area contributed by atoms with E-state index in [2.05, 4.69) is 5.32 Å². The summed E-state index contributed by atoms with van der Waals surface area (Å²) < 4.78 is 0. The van der Waals surface area contributed by atoms with Crippen molar-refractivity contribution in [2.24, 2.45) is 0 Å². The zero-order valence-electron chi connectivity index (χ0n) is 9.40. The quantitative estimate of drug-likeness (QED) is 0.704. The van der Waals surface area contributed by atoms with Crippen LogP contribution in [0.15, 0.2) is 0 Å². The number of urea groups is 2. The van der Waals surface area contributed by atoms with Gasteiger partial charge in [0, 0.05) is 13.1 Å². The molecule has 1 aliphatic rings. The SMILES string of the molecule is CCCN(CCC)C(=O)N1CC[N]C1=O. The number of carbonyl (C=O) groups excluding carboxylic acids is 2. The van der Waals surface area contributed by atoms with Gasteiger partial charge in [0.15, 0.2) is 0 Å². The third kappa shape index (κ3) is 2.84. The average molecular weight is 212 g/mol. The van der Waals surface area contributed by atoms with E-state index >= 15 is 0 Å². The predicted molar refractivity (Wildman–Crippen MR) is 56.7 cm³/mol. The molecule has 1 fully saturated rings. The molecule has 4 amide bonds. The molecular weight excluding hydrogens is 194 g/mol. The minimum Gasteiger partial charge on any atom is -0.324 e. The van der Waals surface area contributed by atoms with Crippen LogP contribution in [0.25, 0.3) is 0 Å². The third-order valence-corrected chi connectivity index (χ3v) is 2.29. The summed E-state index contributed by atoms with van der Waals surface area (Å²) >= 11 is 0. The number of nitrogens with zero attached hydrogens (tertiary/aromatic N) is 3. The Morgan fingerprint density at radius 2 is 2.00 bits per heavy atom. The van der Waals surface area contributed by atoms with Crippen molar-refractivity contribution in [1.29, 1.82) is 0 Å². The second-order valence-corrected chi connectivity index (χ2v) is 3.59. The molecule has 0 N–H and O–H groups in total. The Morgan fingerprint density at radius 3 is 2.40 bits per heavy atom. The molecule has 0 atom stereocenters. The van der Waals surface area contributed by atoms with Crippen LogP contribution >= 0.6 is 0 Å². The lowest BCUT2D eigenvalue weighted by Crippen LogP contribution is -2.44. The first kappa shape index (κ1) is 11.8. The molecule has 0 bridgehead atoms. The van der Waals surface area contributed by atoms with Gasteiger partial charge in [-0.3, -0.25) is 0 Å². The molecule has 0 aromatic heterocycles. The fourth-order valence-corrected chi connectivity index (χ4v) is 1.62. The van der Waals surface area contributed by atoms with Crippen molar-refractivity contribution in [1.82, 2.24) is 15.1 Å². The molecule has 1 aliphatic heterocycles. The lowest BCUT2D eigenvalue weighted by molar-refractivity contribution is 0.163. The molecule has 0 aliphatic carbocycles. The minimum atomic E-state index is -0.391. The molecule has 0 aromatic rings. The van der Waals surface area contributed by atoms with Crippen LogP contribution in [0.2, 0.25) is 0 Å². The summed E-state index contributed by atoms with van der Waals surface area (Å²) in [6.45, 7) is 6.32. The number of rotatable bonds is 4. The Bertz CT molecular complexity index is 237. The van der Waals surface area contributed by atoms with E-state index in [1.54, 1.807) is 4.90 Å². The largest absolute Gasteiger partial charge is 0.347 e. The van der Waals surface area contributed by atoms with Crippen LogP contribution in [0.1, 0.15) is 26.7 Å². The topological polar surface area (TPSA) is 54.7 Å². The monoisotopic (exact) mass is 212 g/mol. The van der Waals surface area contributed by atoms with E-state index in [0.29, 0.717) is 26.2 Å². The van der Waals surface area contributed by atoms with Crippen LogP contribution in [-0.4, -0.2) is 48.0 Å². The van der Waals surface area contributed by atoms with Crippen molar-refractivity contribution < 1.29 is 9.59 Å². The maximum atomic E-state index is 11.9. The molecule has 0 aromatic carbocycles. The molecule has 85 valence electrons. The fraction of sp³-hybridized carbons (Fsp3) is 0.800. The number of imide groups is 1. The zero-order chi connectivity index (χ0) is 11.3. The van der Waals surface area contributed by atoms with Crippen LogP contribution < -0.4 is 5.32 Å². The predicted octanol–water partition coefficient (Wildman–Crippen LogP) is 1.27. The van der Waals surface area contributed by atoms with E-state index in [1.807, 2.05) is 13.8 Å². The van der Waals surface area contributed by atoms with E-state index in [4.69, 9.17) is 0 Å². The van der Waals surface area contributed by atoms with Crippen molar-refractivity contribution >= 4 is 12.1 Å². The average Bonchev–Trinajstić information content (AvgIpc) is 2.63. The summed E-state index contributed by atoms with van der Waals surface area (Å²) in [6, 6.07) is -0.581. The molecule has 1 rings (SSSR count). The summed E-state index contributed by atoms with van der Waals surface area (Å²) in [5.41, 5.74) is 0. The van der Waals surface area contributed by atoms with Crippen molar-refractivity contribution in [3.05, 3.63) is 0 Å². The third-order valence-electron chi connectivity index (χ3n) is 2.29. The Balaban J connectivity index is 2.57. The molecular formula is C10H18N3O2.